The van der Waals surface area contributed by atoms with Gasteiger partial charge in [-0.3, -0.25) is 14.6 Å². The molecule has 22 heavy (non-hydrogen) atoms. The lowest BCUT2D eigenvalue weighted by atomic mass is 10.3. The molecule has 1 aliphatic rings. The van der Waals surface area contributed by atoms with Crippen molar-refractivity contribution in [3.63, 3.8) is 0 Å². The smallest absolute Gasteiger partial charge is 0.325 e. The lowest BCUT2D eigenvalue weighted by Gasteiger charge is -2.21. The highest BCUT2D eigenvalue weighted by atomic mass is 32.2. The lowest BCUT2D eigenvalue weighted by Crippen LogP contribution is -2.39. The summed E-state index contributed by atoms with van der Waals surface area (Å²) in [6.07, 6.45) is 5.79. The summed E-state index contributed by atoms with van der Waals surface area (Å²) in [5.74, 6) is 1.40. The topological polar surface area (TPSA) is 59.5 Å². The van der Waals surface area contributed by atoms with Gasteiger partial charge in [0.15, 0.2) is 0 Å². The fourth-order valence-corrected chi connectivity index (χ4v) is 2.94. The average Bonchev–Trinajstić information content (AvgIpc) is 3.32. The Kier molecular flexibility index (Phi) is 6.71. The molecular formula is C16H22N2O3S. The average molecular weight is 322 g/mol. The second-order valence-corrected chi connectivity index (χ2v) is 6.36. The highest BCUT2D eigenvalue weighted by Gasteiger charge is 2.28. The zero-order valence-electron chi connectivity index (χ0n) is 12.9. The summed E-state index contributed by atoms with van der Waals surface area (Å²) < 4.78 is 4.95. The fourth-order valence-electron chi connectivity index (χ4n) is 2.06. The number of carbonyl (C=O) groups excluding carboxylic acids is 2. The van der Waals surface area contributed by atoms with E-state index in [4.69, 9.17) is 4.74 Å². The number of esters is 1. The molecule has 1 saturated carbocycles. The van der Waals surface area contributed by atoms with Crippen LogP contribution in [0.4, 0.5) is 0 Å². The van der Waals surface area contributed by atoms with Crippen molar-refractivity contribution in [2.45, 2.75) is 25.5 Å². The predicted molar refractivity (Wildman–Crippen MR) is 86.3 cm³/mol. The molecule has 0 atom stereocenters. The van der Waals surface area contributed by atoms with Gasteiger partial charge in [-0.05, 0) is 43.4 Å². The number of pyridine rings is 1. The first kappa shape index (κ1) is 16.8. The molecule has 0 N–H and O–H groups in total. The number of carbonyl (C=O) groups is 2. The third-order valence-corrected chi connectivity index (χ3v) is 4.39. The van der Waals surface area contributed by atoms with Gasteiger partial charge in [0.25, 0.3) is 0 Å². The summed E-state index contributed by atoms with van der Waals surface area (Å²) in [7, 11) is 0. The van der Waals surface area contributed by atoms with E-state index < -0.39 is 0 Å². The first-order valence-electron chi connectivity index (χ1n) is 7.59. The van der Waals surface area contributed by atoms with Gasteiger partial charge in [-0.2, -0.15) is 0 Å². The number of rotatable bonds is 9. The molecule has 1 amide bonds. The quantitative estimate of drug-likeness (QED) is 0.652. The Morgan fingerprint density at radius 2 is 2.09 bits per heavy atom. The van der Waals surface area contributed by atoms with E-state index in [9.17, 15) is 9.59 Å². The second-order valence-electron chi connectivity index (χ2n) is 5.37. The number of thioether (sulfide) groups is 1. The van der Waals surface area contributed by atoms with Crippen molar-refractivity contribution in [2.75, 3.05) is 25.4 Å². The molecule has 0 radical (unpaired) electrons. The molecule has 0 bridgehead atoms. The van der Waals surface area contributed by atoms with Crippen LogP contribution < -0.4 is 0 Å². The van der Waals surface area contributed by atoms with E-state index in [1.54, 1.807) is 36.0 Å². The molecule has 1 heterocycles. The number of aromatic nitrogens is 1. The summed E-state index contributed by atoms with van der Waals surface area (Å²) in [5, 5.41) is 0. The Labute approximate surface area is 135 Å². The first-order chi connectivity index (χ1) is 10.7. The molecule has 2 rings (SSSR count). The summed E-state index contributed by atoms with van der Waals surface area (Å²) in [4.78, 5) is 29.6. The summed E-state index contributed by atoms with van der Waals surface area (Å²) in [5.41, 5.74) is 1.15. The maximum Gasteiger partial charge on any atom is 0.325 e. The van der Waals surface area contributed by atoms with E-state index >= 15 is 0 Å². The van der Waals surface area contributed by atoms with E-state index in [1.165, 1.54) is 0 Å². The van der Waals surface area contributed by atoms with Gasteiger partial charge in [0.05, 0.1) is 12.4 Å². The van der Waals surface area contributed by atoms with Crippen LogP contribution >= 0.6 is 11.8 Å². The minimum atomic E-state index is -0.323. The molecule has 1 aromatic rings. The summed E-state index contributed by atoms with van der Waals surface area (Å²) in [6.45, 7) is 2.86. The van der Waals surface area contributed by atoms with E-state index in [-0.39, 0.29) is 18.4 Å². The van der Waals surface area contributed by atoms with Crippen LogP contribution in [0.3, 0.4) is 0 Å². The highest BCUT2D eigenvalue weighted by Crippen LogP contribution is 2.30. The maximum absolute atomic E-state index is 12.3. The van der Waals surface area contributed by atoms with Gasteiger partial charge >= 0.3 is 5.97 Å². The number of ether oxygens (including phenoxy) is 1. The molecule has 120 valence electrons. The van der Waals surface area contributed by atoms with Crippen molar-refractivity contribution in [3.8, 4) is 0 Å². The zero-order valence-corrected chi connectivity index (χ0v) is 13.7. The fraction of sp³-hybridized carbons (Fsp3) is 0.562. The molecule has 0 unspecified atom stereocenters. The minimum absolute atomic E-state index is 0.0130. The van der Waals surface area contributed by atoms with Gasteiger partial charge < -0.3 is 9.64 Å². The maximum atomic E-state index is 12.3. The van der Waals surface area contributed by atoms with E-state index in [0.717, 1.165) is 24.2 Å². The van der Waals surface area contributed by atoms with Crippen molar-refractivity contribution in [1.29, 1.82) is 0 Å². The summed E-state index contributed by atoms with van der Waals surface area (Å²) in [6, 6.07) is 3.89. The molecule has 0 aromatic carbocycles. The number of hydrogen-bond donors (Lipinski definition) is 0. The van der Waals surface area contributed by atoms with Gasteiger partial charge in [0.2, 0.25) is 5.91 Å². The highest BCUT2D eigenvalue weighted by molar-refractivity contribution is 7.99. The van der Waals surface area contributed by atoms with Crippen LogP contribution in [-0.2, 0) is 20.1 Å². The van der Waals surface area contributed by atoms with Crippen LogP contribution in [-0.4, -0.2) is 47.2 Å². The third-order valence-electron chi connectivity index (χ3n) is 3.40. The van der Waals surface area contributed by atoms with Gasteiger partial charge in [0, 0.05) is 24.7 Å². The molecule has 1 aliphatic carbocycles. The Bertz CT molecular complexity index is 491. The van der Waals surface area contributed by atoms with Crippen LogP contribution in [0.15, 0.2) is 24.5 Å². The Morgan fingerprint density at radius 3 is 2.73 bits per heavy atom. The van der Waals surface area contributed by atoms with Crippen LogP contribution in [0.5, 0.6) is 0 Å². The normalized spacial score (nSPS) is 13.7. The van der Waals surface area contributed by atoms with Crippen molar-refractivity contribution < 1.29 is 14.3 Å². The molecular weight excluding hydrogens is 300 g/mol. The largest absolute Gasteiger partial charge is 0.465 e. The van der Waals surface area contributed by atoms with Crippen molar-refractivity contribution in [3.05, 3.63) is 30.1 Å². The standard InChI is InChI=1S/C16H22N2O3S/c1-2-21-16(20)10-18(9-13-3-4-13)15(19)12-22-11-14-5-7-17-8-6-14/h5-8,13H,2-4,9-12H2,1H3. The van der Waals surface area contributed by atoms with Gasteiger partial charge in [0.1, 0.15) is 6.54 Å². The molecule has 6 heteroatoms. The SMILES string of the molecule is CCOC(=O)CN(CC1CC1)C(=O)CSCc1ccncc1. The number of nitrogens with zero attached hydrogens (tertiary/aromatic N) is 2. The number of hydrogen-bond acceptors (Lipinski definition) is 5. The van der Waals surface area contributed by atoms with Crippen LogP contribution in [0.2, 0.25) is 0 Å². The van der Waals surface area contributed by atoms with E-state index in [0.29, 0.717) is 24.8 Å². The van der Waals surface area contributed by atoms with E-state index in [1.807, 2.05) is 12.1 Å². The second kappa shape index (κ2) is 8.78. The zero-order chi connectivity index (χ0) is 15.8. The molecule has 0 spiro atoms. The number of amides is 1. The molecule has 0 aliphatic heterocycles. The molecule has 1 aromatic heterocycles. The Balaban J connectivity index is 1.78. The Morgan fingerprint density at radius 1 is 1.36 bits per heavy atom. The third kappa shape index (κ3) is 6.05. The van der Waals surface area contributed by atoms with Crippen LogP contribution in [0.1, 0.15) is 25.3 Å². The summed E-state index contributed by atoms with van der Waals surface area (Å²) >= 11 is 1.56. The monoisotopic (exact) mass is 322 g/mol. The van der Waals surface area contributed by atoms with Crippen LogP contribution in [0, 0.1) is 5.92 Å². The van der Waals surface area contributed by atoms with Gasteiger partial charge in [-0.1, -0.05) is 0 Å². The van der Waals surface area contributed by atoms with Gasteiger partial charge in [-0.15, -0.1) is 11.8 Å². The van der Waals surface area contributed by atoms with Crippen molar-refractivity contribution >= 4 is 23.6 Å². The van der Waals surface area contributed by atoms with E-state index in [2.05, 4.69) is 4.98 Å². The molecule has 1 fully saturated rings. The Hall–Kier alpha value is -1.56. The minimum Gasteiger partial charge on any atom is -0.465 e. The van der Waals surface area contributed by atoms with Crippen molar-refractivity contribution in [1.82, 2.24) is 9.88 Å². The van der Waals surface area contributed by atoms with Crippen LogP contribution in [0.25, 0.3) is 0 Å². The first-order valence-corrected chi connectivity index (χ1v) is 8.74. The van der Waals surface area contributed by atoms with Gasteiger partial charge in [-0.25, -0.2) is 0 Å². The molecule has 5 nitrogen and oxygen atoms in total. The lowest BCUT2D eigenvalue weighted by molar-refractivity contribution is -0.148. The van der Waals surface area contributed by atoms with Crippen molar-refractivity contribution in [2.24, 2.45) is 5.92 Å². The molecule has 0 saturated heterocycles. The predicted octanol–water partition coefficient (Wildman–Crippen LogP) is 2.12.